The van der Waals surface area contributed by atoms with Crippen LogP contribution in [0.25, 0.3) is 0 Å². The summed E-state index contributed by atoms with van der Waals surface area (Å²) in [4.78, 5) is 37.3. The Morgan fingerprint density at radius 1 is 0.437 bits per heavy atom. The van der Waals surface area contributed by atoms with E-state index >= 15 is 0 Å². The van der Waals surface area contributed by atoms with Gasteiger partial charge in [0.1, 0.15) is 13.2 Å². The molecule has 71 heavy (non-hydrogen) atoms. The molecule has 0 aromatic heterocycles. The Kier molecular flexibility index (Phi) is 50.6. The number of carboxylic acids is 1. The van der Waals surface area contributed by atoms with Crippen molar-refractivity contribution in [2.75, 3.05) is 47.5 Å². The number of rotatable bonds is 53. The van der Waals surface area contributed by atoms with Gasteiger partial charge in [0.2, 0.25) is 0 Å². The molecule has 0 rings (SSSR count). The molecule has 2 unspecified atom stereocenters. The van der Waals surface area contributed by atoms with Crippen LogP contribution in [0.3, 0.4) is 0 Å². The molecule has 0 aromatic carbocycles. The highest BCUT2D eigenvalue weighted by Gasteiger charge is 2.22. The van der Waals surface area contributed by atoms with E-state index in [1.165, 1.54) is 141 Å². The molecule has 2 atom stereocenters. The Bertz CT molecular complexity index is 1390. The fraction of sp³-hybridized carbons (Fsp3) is 0.758. The van der Waals surface area contributed by atoms with Crippen LogP contribution in [0.4, 0.5) is 0 Å². The molecule has 0 fully saturated rings. The third-order valence-corrected chi connectivity index (χ3v) is 12.4. The van der Waals surface area contributed by atoms with E-state index in [2.05, 4.69) is 86.8 Å². The fourth-order valence-electron chi connectivity index (χ4n) is 7.97. The summed E-state index contributed by atoms with van der Waals surface area (Å²) in [5.41, 5.74) is 0. The monoisotopic (exact) mass is 996 g/mol. The molecule has 0 aliphatic carbocycles. The predicted octanol–water partition coefficient (Wildman–Crippen LogP) is 15.7. The Morgan fingerprint density at radius 2 is 0.803 bits per heavy atom. The zero-order valence-electron chi connectivity index (χ0n) is 46.6. The van der Waals surface area contributed by atoms with Crippen molar-refractivity contribution in [2.45, 2.75) is 257 Å². The van der Waals surface area contributed by atoms with Crippen LogP contribution in [0.1, 0.15) is 245 Å². The summed E-state index contributed by atoms with van der Waals surface area (Å²) < 4.78 is 22.7. The number of hydrogen-bond donors (Lipinski definition) is 0. The summed E-state index contributed by atoms with van der Waals surface area (Å²) in [7, 11) is 5.92. The molecule has 0 saturated heterocycles. The van der Waals surface area contributed by atoms with Crippen LogP contribution in [0.15, 0.2) is 72.9 Å². The van der Waals surface area contributed by atoms with Gasteiger partial charge in [-0.25, -0.2) is 0 Å². The van der Waals surface area contributed by atoms with Crippen molar-refractivity contribution in [3.8, 4) is 0 Å². The van der Waals surface area contributed by atoms with Gasteiger partial charge in [-0.3, -0.25) is 9.59 Å². The minimum absolute atomic E-state index is 0.145. The van der Waals surface area contributed by atoms with Gasteiger partial charge >= 0.3 is 11.9 Å². The molecule has 0 saturated carbocycles. The average Bonchev–Trinajstić information content (AvgIpc) is 3.34. The molecule has 9 nitrogen and oxygen atoms in total. The number of aliphatic carboxylic acids is 1. The third kappa shape index (κ3) is 54.3. The van der Waals surface area contributed by atoms with Crippen molar-refractivity contribution in [3.63, 3.8) is 0 Å². The number of likely N-dealkylation sites (N-methyl/N-ethyl adjacent to an activating group) is 1. The SMILES string of the molecule is CC/C=C\C/C=C\C/C=C\C/C=C\CCCCCCCCCCCCCCCCC(=O)OC(COC(=O)CCCCCCCCCCC/C=C\C/C=C\CCCCC)COC(OCC[N+](C)(C)C)C(=O)[O-]. The lowest BCUT2D eigenvalue weighted by molar-refractivity contribution is -0.870. The summed E-state index contributed by atoms with van der Waals surface area (Å²) >= 11 is 0. The number of nitrogens with zero attached hydrogens (tertiary/aromatic N) is 1. The number of ether oxygens (including phenoxy) is 4. The minimum atomic E-state index is -1.62. The highest BCUT2D eigenvalue weighted by atomic mass is 16.7. The molecule has 0 spiro atoms. The van der Waals surface area contributed by atoms with Gasteiger partial charge < -0.3 is 33.3 Å². The molecule has 0 radical (unpaired) electrons. The molecule has 0 bridgehead atoms. The minimum Gasteiger partial charge on any atom is -0.545 e. The average molecular weight is 997 g/mol. The largest absolute Gasteiger partial charge is 0.545 e. The Balaban J connectivity index is 4.23. The lowest BCUT2D eigenvalue weighted by atomic mass is 10.0. The first-order valence-corrected chi connectivity index (χ1v) is 29.1. The van der Waals surface area contributed by atoms with Crippen LogP contribution < -0.4 is 5.11 Å². The van der Waals surface area contributed by atoms with Crippen molar-refractivity contribution in [3.05, 3.63) is 72.9 Å². The summed E-state index contributed by atoms with van der Waals surface area (Å²) in [5, 5.41) is 11.8. The van der Waals surface area contributed by atoms with Gasteiger partial charge in [0.15, 0.2) is 12.4 Å². The highest BCUT2D eigenvalue weighted by molar-refractivity contribution is 5.70. The van der Waals surface area contributed by atoms with Crippen LogP contribution in [-0.4, -0.2) is 82.3 Å². The molecule has 0 N–H and O–H groups in total. The second-order valence-electron chi connectivity index (χ2n) is 20.5. The van der Waals surface area contributed by atoms with E-state index < -0.39 is 24.3 Å². The fourth-order valence-corrected chi connectivity index (χ4v) is 7.97. The molecular formula is C62H109NO8. The predicted molar refractivity (Wildman–Crippen MR) is 297 cm³/mol. The maximum Gasteiger partial charge on any atom is 0.306 e. The smallest absolute Gasteiger partial charge is 0.306 e. The van der Waals surface area contributed by atoms with Crippen molar-refractivity contribution >= 4 is 17.9 Å². The van der Waals surface area contributed by atoms with Crippen molar-refractivity contribution < 1.29 is 42.9 Å². The number of hydrogen-bond acceptors (Lipinski definition) is 8. The van der Waals surface area contributed by atoms with E-state index in [1.54, 1.807) is 0 Å². The summed E-state index contributed by atoms with van der Waals surface area (Å²) in [5.74, 6) is -2.29. The van der Waals surface area contributed by atoms with E-state index in [9.17, 15) is 19.5 Å². The highest BCUT2D eigenvalue weighted by Crippen LogP contribution is 2.16. The molecule has 0 heterocycles. The van der Waals surface area contributed by atoms with Crippen LogP contribution >= 0.6 is 0 Å². The lowest BCUT2D eigenvalue weighted by Gasteiger charge is -2.26. The number of unbranched alkanes of at least 4 members (excludes halogenated alkanes) is 26. The Hall–Kier alpha value is -3.27. The topological polar surface area (TPSA) is 111 Å². The van der Waals surface area contributed by atoms with Gasteiger partial charge in [-0.15, -0.1) is 0 Å². The molecule has 410 valence electrons. The normalized spacial score (nSPS) is 13.3. The molecule has 0 amide bonds. The molecular weight excluding hydrogens is 887 g/mol. The summed E-state index contributed by atoms with van der Waals surface area (Å²) in [6, 6.07) is 0. The van der Waals surface area contributed by atoms with Gasteiger partial charge in [-0.1, -0.05) is 222 Å². The quantitative estimate of drug-likeness (QED) is 0.0195. The third-order valence-electron chi connectivity index (χ3n) is 12.4. The van der Waals surface area contributed by atoms with E-state index in [0.29, 0.717) is 17.4 Å². The summed E-state index contributed by atoms with van der Waals surface area (Å²) in [6.07, 6.45) is 65.1. The zero-order valence-corrected chi connectivity index (χ0v) is 46.6. The van der Waals surface area contributed by atoms with E-state index in [-0.39, 0.29) is 38.6 Å². The maximum atomic E-state index is 12.9. The Labute approximate surface area is 437 Å². The van der Waals surface area contributed by atoms with Crippen LogP contribution in [0.5, 0.6) is 0 Å². The summed E-state index contributed by atoms with van der Waals surface area (Å²) in [6.45, 7) is 4.62. The number of carboxylic acid groups (broad SMARTS) is 1. The molecule has 9 heteroatoms. The van der Waals surface area contributed by atoms with Crippen LogP contribution in [-0.2, 0) is 33.3 Å². The first-order valence-electron chi connectivity index (χ1n) is 29.1. The van der Waals surface area contributed by atoms with Gasteiger partial charge in [0.05, 0.1) is 40.3 Å². The standard InChI is InChI=1S/C62H109NO8/c1-6-8-10-12-14-16-18-20-22-24-26-27-28-29-30-31-32-33-35-37-39-41-43-45-47-49-51-53-60(65)71-58(57-70-62(61(66)67)68-55-54-63(3,4)5)56-69-59(64)52-50-48-46-44-42-40-38-36-34-25-23-21-19-17-15-13-11-9-7-2/h8,10,14-17,20-23,26-27,58,62H,6-7,9,11-13,18-19,24-25,28-57H2,1-5H3/b10-8-,16-14-,17-15-,22-20-,23-21-,27-26-. The molecule has 0 aliphatic rings. The second kappa shape index (κ2) is 53.0. The van der Waals surface area contributed by atoms with E-state index in [1.807, 2.05) is 21.1 Å². The van der Waals surface area contributed by atoms with Crippen molar-refractivity contribution in [1.29, 1.82) is 0 Å². The maximum absolute atomic E-state index is 12.9. The van der Waals surface area contributed by atoms with Gasteiger partial charge in [-0.05, 0) is 83.5 Å². The number of quaternary nitrogens is 1. The second-order valence-corrected chi connectivity index (χ2v) is 20.5. The van der Waals surface area contributed by atoms with Crippen molar-refractivity contribution in [1.82, 2.24) is 0 Å². The molecule has 0 aliphatic heterocycles. The van der Waals surface area contributed by atoms with Gasteiger partial charge in [-0.2, -0.15) is 0 Å². The number of esters is 2. The number of carbonyl (C=O) groups is 3. The zero-order chi connectivity index (χ0) is 52.0. The Morgan fingerprint density at radius 3 is 1.20 bits per heavy atom. The van der Waals surface area contributed by atoms with Gasteiger partial charge in [0.25, 0.3) is 0 Å². The first kappa shape index (κ1) is 67.7. The van der Waals surface area contributed by atoms with E-state index in [0.717, 1.165) is 70.6 Å². The number of allylic oxidation sites excluding steroid dienone is 12. The molecule has 0 aromatic rings. The van der Waals surface area contributed by atoms with Crippen LogP contribution in [0, 0.1) is 0 Å². The van der Waals surface area contributed by atoms with Gasteiger partial charge in [0, 0.05) is 12.8 Å². The van der Waals surface area contributed by atoms with Crippen LogP contribution in [0.2, 0.25) is 0 Å². The van der Waals surface area contributed by atoms with E-state index in [4.69, 9.17) is 18.9 Å². The lowest BCUT2D eigenvalue weighted by Crippen LogP contribution is -2.44. The number of carbonyl (C=O) groups excluding carboxylic acids is 3. The first-order chi connectivity index (χ1) is 34.6. The van der Waals surface area contributed by atoms with Crippen molar-refractivity contribution in [2.24, 2.45) is 0 Å².